The molecule has 84 valence electrons. The number of aromatic nitrogens is 1. The van der Waals surface area contributed by atoms with Gasteiger partial charge in [-0.1, -0.05) is 6.07 Å². The first kappa shape index (κ1) is 10.7. The molecule has 0 saturated carbocycles. The highest BCUT2D eigenvalue weighted by Crippen LogP contribution is 2.14. The summed E-state index contributed by atoms with van der Waals surface area (Å²) in [6.07, 6.45) is 1.86. The van der Waals surface area contributed by atoms with Gasteiger partial charge < -0.3 is 9.14 Å². The second kappa shape index (κ2) is 3.67. The van der Waals surface area contributed by atoms with Crippen molar-refractivity contribution in [3.8, 4) is 0 Å². The summed E-state index contributed by atoms with van der Waals surface area (Å²) in [5.74, 6) is -0.297. The molecule has 0 N–H and O–H groups in total. The van der Waals surface area contributed by atoms with E-state index in [4.69, 9.17) is 4.74 Å². The molecular weight excluding hydrogens is 202 g/mol. The van der Waals surface area contributed by atoms with Gasteiger partial charge >= 0.3 is 5.97 Å². The Kier molecular flexibility index (Phi) is 2.46. The van der Waals surface area contributed by atoms with Crippen LogP contribution in [0.25, 0.3) is 5.52 Å². The van der Waals surface area contributed by atoms with E-state index in [0.717, 1.165) is 5.52 Å². The summed E-state index contributed by atoms with van der Waals surface area (Å²) < 4.78 is 7.17. The summed E-state index contributed by atoms with van der Waals surface area (Å²) in [6.45, 7) is 5.59. The number of nitrogens with zero attached hydrogens (tertiary/aromatic N) is 1. The number of fused-ring (bicyclic) bond motifs is 1. The highest BCUT2D eigenvalue weighted by atomic mass is 16.6. The zero-order chi connectivity index (χ0) is 11.8. The van der Waals surface area contributed by atoms with Crippen molar-refractivity contribution in [1.29, 1.82) is 0 Å². The van der Waals surface area contributed by atoms with Crippen molar-refractivity contribution in [2.45, 2.75) is 26.4 Å². The van der Waals surface area contributed by atoms with Crippen LogP contribution in [0.15, 0.2) is 36.5 Å². The lowest BCUT2D eigenvalue weighted by Gasteiger charge is -2.19. The highest BCUT2D eigenvalue weighted by molar-refractivity contribution is 5.88. The van der Waals surface area contributed by atoms with Crippen molar-refractivity contribution >= 4 is 11.5 Å². The van der Waals surface area contributed by atoms with Crippen molar-refractivity contribution in [2.75, 3.05) is 0 Å². The molecule has 0 spiro atoms. The average Bonchev–Trinajstić information content (AvgIpc) is 2.61. The van der Waals surface area contributed by atoms with Crippen LogP contribution in [-0.4, -0.2) is 16.0 Å². The van der Waals surface area contributed by atoms with E-state index in [2.05, 4.69) is 0 Å². The molecule has 0 radical (unpaired) electrons. The standard InChI is InChI=1S/C13H15NO2/c1-13(2,3)16-12(15)11-8-4-6-10-7-5-9-14(10)11/h4-9H,1-3H3. The molecule has 0 aliphatic carbocycles. The van der Waals surface area contributed by atoms with E-state index in [1.54, 1.807) is 6.07 Å². The van der Waals surface area contributed by atoms with E-state index >= 15 is 0 Å². The molecule has 2 aromatic heterocycles. The predicted molar refractivity (Wildman–Crippen MR) is 62.6 cm³/mol. The van der Waals surface area contributed by atoms with Gasteiger partial charge in [0.15, 0.2) is 0 Å². The molecule has 3 heteroatoms. The number of hydrogen-bond donors (Lipinski definition) is 0. The molecule has 2 aromatic rings. The van der Waals surface area contributed by atoms with E-state index < -0.39 is 5.60 Å². The molecule has 16 heavy (non-hydrogen) atoms. The fourth-order valence-corrected chi connectivity index (χ4v) is 1.56. The van der Waals surface area contributed by atoms with Crippen LogP contribution in [0, 0.1) is 0 Å². The van der Waals surface area contributed by atoms with Crippen LogP contribution in [0.3, 0.4) is 0 Å². The maximum absolute atomic E-state index is 11.9. The molecule has 0 bridgehead atoms. The number of pyridine rings is 1. The second-order valence-corrected chi connectivity index (χ2v) is 4.72. The zero-order valence-electron chi connectivity index (χ0n) is 9.73. The zero-order valence-corrected chi connectivity index (χ0v) is 9.73. The topological polar surface area (TPSA) is 30.7 Å². The predicted octanol–water partition coefficient (Wildman–Crippen LogP) is 2.89. The van der Waals surface area contributed by atoms with Crippen LogP contribution in [-0.2, 0) is 4.74 Å². The number of esters is 1. The fraction of sp³-hybridized carbons (Fsp3) is 0.308. The molecule has 0 atom stereocenters. The van der Waals surface area contributed by atoms with Gasteiger partial charge in [-0.05, 0) is 45.0 Å². The summed E-state index contributed by atoms with van der Waals surface area (Å²) in [5, 5.41) is 0. The molecule has 3 nitrogen and oxygen atoms in total. The molecule has 2 rings (SSSR count). The second-order valence-electron chi connectivity index (χ2n) is 4.72. The van der Waals surface area contributed by atoms with Crippen LogP contribution >= 0.6 is 0 Å². The monoisotopic (exact) mass is 217 g/mol. The summed E-state index contributed by atoms with van der Waals surface area (Å²) >= 11 is 0. The SMILES string of the molecule is CC(C)(C)OC(=O)c1cccc2cccn12. The summed E-state index contributed by atoms with van der Waals surface area (Å²) in [7, 11) is 0. The first-order valence-electron chi connectivity index (χ1n) is 5.27. The lowest BCUT2D eigenvalue weighted by atomic mass is 10.2. The van der Waals surface area contributed by atoms with Crippen LogP contribution < -0.4 is 0 Å². The Morgan fingerprint density at radius 2 is 1.88 bits per heavy atom. The van der Waals surface area contributed by atoms with Gasteiger partial charge in [-0.3, -0.25) is 0 Å². The lowest BCUT2D eigenvalue weighted by molar-refractivity contribution is 0.00613. The van der Waals surface area contributed by atoms with Gasteiger partial charge in [0.1, 0.15) is 11.3 Å². The Hall–Kier alpha value is -1.77. The van der Waals surface area contributed by atoms with E-state index in [1.165, 1.54) is 0 Å². The maximum atomic E-state index is 11.9. The Labute approximate surface area is 94.6 Å². The lowest BCUT2D eigenvalue weighted by Crippen LogP contribution is -2.25. The van der Waals surface area contributed by atoms with Gasteiger partial charge in [0.05, 0.1) is 0 Å². The summed E-state index contributed by atoms with van der Waals surface area (Å²) in [6, 6.07) is 9.43. The number of hydrogen-bond acceptors (Lipinski definition) is 2. The number of ether oxygens (including phenoxy) is 1. The minimum absolute atomic E-state index is 0.297. The fourth-order valence-electron chi connectivity index (χ4n) is 1.56. The Morgan fingerprint density at radius 3 is 2.56 bits per heavy atom. The maximum Gasteiger partial charge on any atom is 0.355 e. The van der Waals surface area contributed by atoms with Gasteiger partial charge in [-0.25, -0.2) is 4.79 Å². The van der Waals surface area contributed by atoms with Crippen LogP contribution in [0.1, 0.15) is 31.3 Å². The normalized spacial score (nSPS) is 11.7. The Morgan fingerprint density at radius 1 is 1.19 bits per heavy atom. The third kappa shape index (κ3) is 2.08. The first-order chi connectivity index (χ1) is 7.47. The van der Waals surface area contributed by atoms with Crippen molar-refractivity contribution in [3.63, 3.8) is 0 Å². The third-order valence-electron chi connectivity index (χ3n) is 2.17. The number of carbonyl (C=O) groups is 1. The summed E-state index contributed by atoms with van der Waals surface area (Å²) in [5.41, 5.74) is 1.08. The van der Waals surface area contributed by atoms with E-state index in [1.807, 2.05) is 55.6 Å². The van der Waals surface area contributed by atoms with Crippen molar-refractivity contribution in [3.05, 3.63) is 42.2 Å². The molecule has 0 saturated heterocycles. The molecule has 0 fully saturated rings. The first-order valence-corrected chi connectivity index (χ1v) is 5.27. The van der Waals surface area contributed by atoms with Gasteiger partial charge in [0, 0.05) is 11.7 Å². The van der Waals surface area contributed by atoms with E-state index in [9.17, 15) is 4.79 Å². The smallest absolute Gasteiger partial charge is 0.355 e. The van der Waals surface area contributed by atoms with Crippen molar-refractivity contribution in [1.82, 2.24) is 4.40 Å². The molecule has 0 amide bonds. The molecule has 0 aliphatic rings. The minimum atomic E-state index is -0.466. The van der Waals surface area contributed by atoms with Crippen LogP contribution in [0.4, 0.5) is 0 Å². The summed E-state index contributed by atoms with van der Waals surface area (Å²) in [4.78, 5) is 11.9. The largest absolute Gasteiger partial charge is 0.455 e. The van der Waals surface area contributed by atoms with Crippen LogP contribution in [0.5, 0.6) is 0 Å². The molecule has 0 aromatic carbocycles. The van der Waals surface area contributed by atoms with Crippen molar-refractivity contribution in [2.24, 2.45) is 0 Å². The molecule has 0 aliphatic heterocycles. The minimum Gasteiger partial charge on any atom is -0.455 e. The molecular formula is C13H15NO2. The van der Waals surface area contributed by atoms with Crippen LogP contribution in [0.2, 0.25) is 0 Å². The highest BCUT2D eigenvalue weighted by Gasteiger charge is 2.19. The molecule has 2 heterocycles. The van der Waals surface area contributed by atoms with Gasteiger partial charge in [-0.2, -0.15) is 0 Å². The number of rotatable bonds is 1. The molecule has 0 unspecified atom stereocenters. The van der Waals surface area contributed by atoms with Gasteiger partial charge in [0.25, 0.3) is 0 Å². The van der Waals surface area contributed by atoms with Crippen molar-refractivity contribution < 1.29 is 9.53 Å². The van der Waals surface area contributed by atoms with E-state index in [-0.39, 0.29) is 5.97 Å². The van der Waals surface area contributed by atoms with E-state index in [0.29, 0.717) is 5.69 Å². The number of carbonyl (C=O) groups excluding carboxylic acids is 1. The quantitative estimate of drug-likeness (QED) is 0.688. The Balaban J connectivity index is 2.40. The van der Waals surface area contributed by atoms with Gasteiger partial charge in [0.2, 0.25) is 0 Å². The Bertz CT molecular complexity index is 520. The average molecular weight is 217 g/mol. The third-order valence-corrected chi connectivity index (χ3v) is 2.17. The van der Waals surface area contributed by atoms with Gasteiger partial charge in [-0.15, -0.1) is 0 Å².